The van der Waals surface area contributed by atoms with Crippen LogP contribution in [0.1, 0.15) is 41.5 Å². The predicted molar refractivity (Wildman–Crippen MR) is 235 cm³/mol. The molecule has 3 aliphatic rings. The Labute approximate surface area is 346 Å². The highest BCUT2D eigenvalue weighted by molar-refractivity contribution is 7.89. The van der Waals surface area contributed by atoms with Crippen LogP contribution in [0, 0.1) is 27.7 Å². The van der Waals surface area contributed by atoms with Gasteiger partial charge in [0.05, 0.1) is 11.0 Å². The van der Waals surface area contributed by atoms with Crippen LogP contribution < -0.4 is 20.1 Å². The maximum Gasteiger partial charge on any atom is 0.407 e. The normalized spacial score (nSPS) is 14.3. The maximum absolute atomic E-state index is 14.7. The fraction of sp³-hybridized carbons (Fsp3) is 0.271. The molecule has 0 saturated carbocycles. The molecule has 2 heterocycles. The lowest BCUT2D eigenvalue weighted by Gasteiger charge is -2.31. The minimum atomic E-state index is -4.01. The molecule has 4 aromatic rings. The lowest BCUT2D eigenvalue weighted by atomic mass is 9.93. The van der Waals surface area contributed by atoms with Crippen molar-refractivity contribution in [3.63, 3.8) is 0 Å². The summed E-state index contributed by atoms with van der Waals surface area (Å²) in [6, 6.07) is 31.9. The maximum atomic E-state index is 14.7. The van der Waals surface area contributed by atoms with Gasteiger partial charge < -0.3 is 19.4 Å². The summed E-state index contributed by atoms with van der Waals surface area (Å²) in [5, 5.41) is 4.30. The Hall–Kier alpha value is -6.04. The van der Waals surface area contributed by atoms with Crippen LogP contribution in [0.2, 0.25) is 0 Å². The van der Waals surface area contributed by atoms with Crippen LogP contribution in [0.4, 0.5) is 21.9 Å². The number of nitrogens with zero attached hydrogens (tertiary/aromatic N) is 3. The molecule has 0 unspecified atom stereocenters. The first kappa shape index (κ1) is 41.1. The summed E-state index contributed by atoms with van der Waals surface area (Å²) >= 11 is 0. The van der Waals surface area contributed by atoms with E-state index in [-0.39, 0.29) is 36.7 Å². The number of nitrogens with one attached hydrogen (secondary N) is 1. The zero-order valence-electron chi connectivity index (χ0n) is 34.5. The van der Waals surface area contributed by atoms with E-state index in [9.17, 15) is 18.0 Å². The number of aryl methyl sites for hydroxylation is 4. The molecule has 0 atom stereocenters. The third-order valence-electron chi connectivity index (χ3n) is 11.3. The van der Waals surface area contributed by atoms with Gasteiger partial charge in [-0.05, 0) is 82.0 Å². The highest BCUT2D eigenvalue weighted by Gasteiger charge is 2.34. The number of piperidine rings is 1. The molecule has 7 rings (SSSR count). The van der Waals surface area contributed by atoms with E-state index >= 15 is 0 Å². The van der Waals surface area contributed by atoms with E-state index in [1.54, 1.807) is 12.1 Å². The molecule has 1 fully saturated rings. The summed E-state index contributed by atoms with van der Waals surface area (Å²) in [5.74, 6) is 0.443. The first-order valence-electron chi connectivity index (χ1n) is 19.9. The Morgan fingerprint density at radius 2 is 1.54 bits per heavy atom. The molecule has 59 heavy (non-hydrogen) atoms. The lowest BCUT2D eigenvalue weighted by molar-refractivity contribution is -0.114. The van der Waals surface area contributed by atoms with Crippen molar-refractivity contribution < 1.29 is 27.2 Å². The molecule has 0 spiro atoms. The summed E-state index contributed by atoms with van der Waals surface area (Å²) in [6.07, 6.45) is 0.931. The van der Waals surface area contributed by atoms with Gasteiger partial charge in [-0.15, -0.1) is 0 Å². The Balaban J connectivity index is 1.31. The number of amides is 1. The zero-order valence-corrected chi connectivity index (χ0v) is 35.4. The number of sulfonamides is 1. The molecule has 11 heteroatoms. The van der Waals surface area contributed by atoms with Gasteiger partial charge in [0.15, 0.2) is 5.78 Å². The Morgan fingerprint density at radius 1 is 0.881 bits per heavy atom. The standard InChI is InChI=1S/C48H50N4O6S/c1-8-37(53)23-26-49-48(54)57-38-24-27-52(28-25-38)59(55,56)44-18-10-9-17-41(44)45-39-21-19-35(50(6)46-31(2)13-11-14-32(46)3)29-42(39)58-43-30-36(20-22-40(43)45)51(7)47-33(4)15-12-16-34(47)5/h8-22,29-30,38H,1,23-28H2,2-7H3/p+1. The number of carbonyl (C=O) groups excluding carboxylic acids is 2. The summed E-state index contributed by atoms with van der Waals surface area (Å²) in [7, 11) is 0.0857. The number of fused-ring (bicyclic) bond motifs is 2. The Bertz CT molecular complexity index is 2710. The molecule has 2 aliphatic heterocycles. The van der Waals surface area contributed by atoms with Crippen LogP contribution in [-0.2, 0) is 19.6 Å². The average Bonchev–Trinajstić information content (AvgIpc) is 3.22. The molecule has 0 aromatic heterocycles. The molecule has 10 nitrogen and oxygen atoms in total. The third kappa shape index (κ3) is 8.31. The van der Waals surface area contributed by atoms with Gasteiger partial charge in [-0.1, -0.05) is 61.2 Å². The van der Waals surface area contributed by atoms with E-state index in [1.807, 2.05) is 50.5 Å². The van der Waals surface area contributed by atoms with Gasteiger partial charge in [0.2, 0.25) is 21.1 Å². The van der Waals surface area contributed by atoms with Crippen molar-refractivity contribution in [2.45, 2.75) is 58.0 Å². The number of hydrogen-bond acceptors (Lipinski definition) is 7. The predicted octanol–water partition coefficient (Wildman–Crippen LogP) is 8.96. The molecular formula is C48H51N4O6S+. The SMILES string of the molecule is C=CC(=O)CCNC(=O)OC1CCN(S(=O)(=O)c2ccccc2-c2c3ccc(=[N+](C)c4c(C)cccc4C)cc-3oc3cc(N(C)c4c(C)cccc4C)ccc23)CC1. The highest BCUT2D eigenvalue weighted by atomic mass is 32.2. The van der Waals surface area contributed by atoms with Crippen molar-refractivity contribution in [3.05, 3.63) is 137 Å². The molecule has 1 saturated heterocycles. The van der Waals surface area contributed by atoms with Crippen LogP contribution in [0.5, 0.6) is 0 Å². The average molecular weight is 812 g/mol. The third-order valence-corrected chi connectivity index (χ3v) is 13.3. The largest absolute Gasteiger partial charge is 0.456 e. The van der Waals surface area contributed by atoms with Gasteiger partial charge in [-0.3, -0.25) is 4.79 Å². The summed E-state index contributed by atoms with van der Waals surface area (Å²) < 4.78 is 45.4. The highest BCUT2D eigenvalue weighted by Crippen LogP contribution is 2.44. The number of rotatable bonds is 11. The van der Waals surface area contributed by atoms with Crippen LogP contribution in [0.15, 0.2) is 119 Å². The summed E-state index contributed by atoms with van der Waals surface area (Å²) in [6.45, 7) is 12.3. The van der Waals surface area contributed by atoms with Gasteiger partial charge in [-0.25, -0.2) is 13.2 Å². The van der Waals surface area contributed by atoms with Crippen molar-refractivity contribution in [1.82, 2.24) is 14.2 Å². The number of alkyl carbamates (subject to hydrolysis) is 1. The van der Waals surface area contributed by atoms with E-state index in [1.165, 1.54) is 10.4 Å². The molecule has 4 aromatic carbocycles. The fourth-order valence-corrected chi connectivity index (χ4v) is 9.98. The van der Waals surface area contributed by atoms with Crippen molar-refractivity contribution >= 4 is 49.9 Å². The minimum absolute atomic E-state index is 0.130. The van der Waals surface area contributed by atoms with Crippen LogP contribution >= 0.6 is 0 Å². The number of para-hydroxylation sites is 2. The van der Waals surface area contributed by atoms with Crippen LogP contribution in [0.25, 0.3) is 33.4 Å². The second kappa shape index (κ2) is 17.1. The van der Waals surface area contributed by atoms with E-state index in [4.69, 9.17) is 9.15 Å². The fourth-order valence-electron chi connectivity index (χ4n) is 8.31. The summed E-state index contributed by atoms with van der Waals surface area (Å²) in [4.78, 5) is 26.3. The minimum Gasteiger partial charge on any atom is -0.456 e. The number of benzene rings is 5. The monoisotopic (exact) mass is 811 g/mol. The van der Waals surface area contributed by atoms with Gasteiger partial charge in [0.25, 0.3) is 0 Å². The first-order valence-corrected chi connectivity index (χ1v) is 21.3. The van der Waals surface area contributed by atoms with E-state index in [2.05, 4.69) is 97.6 Å². The number of ether oxygens (including phenoxy) is 1. The van der Waals surface area contributed by atoms with Crippen LogP contribution in [0.3, 0.4) is 0 Å². The molecule has 1 N–H and O–H groups in total. The quantitative estimate of drug-likeness (QED) is 0.0790. The smallest absolute Gasteiger partial charge is 0.407 e. The zero-order chi connectivity index (χ0) is 42.0. The van der Waals surface area contributed by atoms with Crippen molar-refractivity contribution in [2.24, 2.45) is 0 Å². The second-order valence-electron chi connectivity index (χ2n) is 15.3. The molecule has 1 aliphatic carbocycles. The number of hydrogen-bond donors (Lipinski definition) is 1. The van der Waals surface area contributed by atoms with Gasteiger partial charge in [0.1, 0.15) is 24.5 Å². The van der Waals surface area contributed by atoms with E-state index in [0.29, 0.717) is 29.7 Å². The van der Waals surface area contributed by atoms with Crippen molar-refractivity contribution in [3.8, 4) is 22.5 Å². The Morgan fingerprint density at radius 3 is 2.22 bits per heavy atom. The number of ketones is 1. The summed E-state index contributed by atoms with van der Waals surface area (Å²) in [5.41, 5.74) is 10.5. The molecule has 1 amide bonds. The Kier molecular flexibility index (Phi) is 11.9. The van der Waals surface area contributed by atoms with Crippen LogP contribution in [-0.4, -0.2) is 64.4 Å². The van der Waals surface area contributed by atoms with E-state index in [0.717, 1.165) is 61.2 Å². The molecule has 0 bridgehead atoms. The van der Waals surface area contributed by atoms with Crippen molar-refractivity contribution in [2.75, 3.05) is 38.6 Å². The molecular weight excluding hydrogens is 761 g/mol. The number of allylic oxidation sites excluding steroid dienone is 1. The van der Waals surface area contributed by atoms with E-state index < -0.39 is 22.2 Å². The number of carbonyl (C=O) groups is 2. The number of anilines is 2. The lowest BCUT2D eigenvalue weighted by Crippen LogP contribution is -2.42. The molecule has 304 valence electrons. The first-order chi connectivity index (χ1) is 28.3. The second-order valence-corrected chi connectivity index (χ2v) is 17.2. The molecule has 0 radical (unpaired) electrons. The van der Waals surface area contributed by atoms with Gasteiger partial charge in [0, 0.05) is 89.8 Å². The van der Waals surface area contributed by atoms with Gasteiger partial charge in [-0.2, -0.15) is 8.88 Å². The van der Waals surface area contributed by atoms with Gasteiger partial charge >= 0.3 is 6.09 Å². The topological polar surface area (TPSA) is 112 Å². The van der Waals surface area contributed by atoms with Crippen molar-refractivity contribution in [1.29, 1.82) is 0 Å².